The lowest BCUT2D eigenvalue weighted by Gasteiger charge is -2.11. The normalized spacial score (nSPS) is 19.3. The maximum absolute atomic E-state index is 5.86. The van der Waals surface area contributed by atoms with Crippen LogP contribution in [0.15, 0.2) is 11.8 Å². The van der Waals surface area contributed by atoms with Crippen molar-refractivity contribution in [3.05, 3.63) is 11.8 Å². The van der Waals surface area contributed by atoms with Gasteiger partial charge in [-0.3, -0.25) is 0 Å². The van der Waals surface area contributed by atoms with Crippen LogP contribution in [0.1, 0.15) is 12.8 Å². The standard InChI is InChI=1S/C8H15NOS/c1-11-6-4-7(9)8-3-2-5-10-8/h3,7H,2,4-6,9H2,1H3. The molecule has 0 aliphatic carbocycles. The van der Waals surface area contributed by atoms with E-state index in [-0.39, 0.29) is 6.04 Å². The van der Waals surface area contributed by atoms with Crippen molar-refractivity contribution in [1.82, 2.24) is 0 Å². The molecule has 1 atom stereocenters. The number of rotatable bonds is 4. The molecule has 0 saturated heterocycles. The summed E-state index contributed by atoms with van der Waals surface area (Å²) in [5.41, 5.74) is 5.86. The molecule has 1 aliphatic heterocycles. The third kappa shape index (κ3) is 2.75. The van der Waals surface area contributed by atoms with E-state index >= 15 is 0 Å². The fourth-order valence-electron chi connectivity index (χ4n) is 1.08. The zero-order valence-electron chi connectivity index (χ0n) is 6.88. The predicted octanol–water partition coefficient (Wildman–Crippen LogP) is 1.37. The molecule has 2 nitrogen and oxygen atoms in total. The maximum Gasteiger partial charge on any atom is 0.109 e. The first kappa shape index (κ1) is 8.94. The second kappa shape index (κ2) is 4.67. The molecule has 0 spiro atoms. The summed E-state index contributed by atoms with van der Waals surface area (Å²) < 4.78 is 5.34. The van der Waals surface area contributed by atoms with Gasteiger partial charge in [0, 0.05) is 6.42 Å². The molecule has 1 aliphatic rings. The number of thioether (sulfide) groups is 1. The van der Waals surface area contributed by atoms with Crippen LogP contribution >= 0.6 is 11.8 Å². The lowest BCUT2D eigenvalue weighted by molar-refractivity contribution is 0.224. The van der Waals surface area contributed by atoms with Gasteiger partial charge in [0.15, 0.2) is 0 Å². The largest absolute Gasteiger partial charge is 0.496 e. The van der Waals surface area contributed by atoms with E-state index in [1.54, 1.807) is 0 Å². The molecule has 0 saturated carbocycles. The van der Waals surface area contributed by atoms with E-state index in [1.807, 2.05) is 11.8 Å². The molecule has 1 unspecified atom stereocenters. The summed E-state index contributed by atoms with van der Waals surface area (Å²) in [6.07, 6.45) is 6.25. The first-order valence-corrected chi connectivity index (χ1v) is 5.31. The fourth-order valence-corrected chi connectivity index (χ4v) is 1.57. The van der Waals surface area contributed by atoms with E-state index in [4.69, 9.17) is 10.5 Å². The van der Waals surface area contributed by atoms with E-state index < -0.39 is 0 Å². The van der Waals surface area contributed by atoms with Crippen molar-refractivity contribution in [2.24, 2.45) is 5.73 Å². The van der Waals surface area contributed by atoms with Gasteiger partial charge in [-0.15, -0.1) is 0 Å². The minimum atomic E-state index is 0.130. The molecule has 3 heteroatoms. The first-order chi connectivity index (χ1) is 5.34. The van der Waals surface area contributed by atoms with E-state index in [1.165, 1.54) is 0 Å². The Balaban J connectivity index is 2.23. The molecular weight excluding hydrogens is 158 g/mol. The van der Waals surface area contributed by atoms with Crippen molar-refractivity contribution >= 4 is 11.8 Å². The van der Waals surface area contributed by atoms with Crippen molar-refractivity contribution in [3.8, 4) is 0 Å². The average Bonchev–Trinajstić information content (AvgIpc) is 2.52. The lowest BCUT2D eigenvalue weighted by atomic mass is 10.2. The quantitative estimate of drug-likeness (QED) is 0.697. The van der Waals surface area contributed by atoms with Crippen LogP contribution in [0.2, 0.25) is 0 Å². The molecule has 0 fully saturated rings. The van der Waals surface area contributed by atoms with E-state index in [0.29, 0.717) is 0 Å². The van der Waals surface area contributed by atoms with Gasteiger partial charge in [-0.25, -0.2) is 0 Å². The Labute approximate surface area is 72.2 Å². The predicted molar refractivity (Wildman–Crippen MR) is 49.6 cm³/mol. The van der Waals surface area contributed by atoms with Crippen LogP contribution in [0.25, 0.3) is 0 Å². The smallest absolute Gasteiger partial charge is 0.109 e. The molecule has 0 aromatic carbocycles. The summed E-state index contributed by atoms with van der Waals surface area (Å²) in [7, 11) is 0. The van der Waals surface area contributed by atoms with Crippen LogP contribution in [0.3, 0.4) is 0 Å². The van der Waals surface area contributed by atoms with Crippen LogP contribution in [0.4, 0.5) is 0 Å². The molecular formula is C8H15NOS. The Kier molecular flexibility index (Phi) is 3.80. The molecule has 1 heterocycles. The van der Waals surface area contributed by atoms with Gasteiger partial charge in [-0.05, 0) is 24.5 Å². The van der Waals surface area contributed by atoms with Gasteiger partial charge in [-0.1, -0.05) is 0 Å². The van der Waals surface area contributed by atoms with E-state index in [2.05, 4.69) is 12.3 Å². The van der Waals surface area contributed by atoms with Crippen LogP contribution in [-0.2, 0) is 4.74 Å². The minimum absolute atomic E-state index is 0.130. The highest BCUT2D eigenvalue weighted by molar-refractivity contribution is 7.98. The van der Waals surface area contributed by atoms with Crippen molar-refractivity contribution < 1.29 is 4.74 Å². The summed E-state index contributed by atoms with van der Waals surface area (Å²) in [4.78, 5) is 0. The SMILES string of the molecule is CSCCC(N)C1=CCCO1. The molecule has 0 amide bonds. The monoisotopic (exact) mass is 173 g/mol. The van der Waals surface area contributed by atoms with E-state index in [9.17, 15) is 0 Å². The minimum Gasteiger partial charge on any atom is -0.496 e. The van der Waals surface area contributed by atoms with Crippen molar-refractivity contribution in [3.63, 3.8) is 0 Å². The van der Waals surface area contributed by atoms with Crippen LogP contribution in [0.5, 0.6) is 0 Å². The number of ether oxygens (including phenoxy) is 1. The Morgan fingerprint density at radius 2 is 2.64 bits per heavy atom. The van der Waals surface area contributed by atoms with Crippen LogP contribution in [0, 0.1) is 0 Å². The lowest BCUT2D eigenvalue weighted by Crippen LogP contribution is -2.23. The first-order valence-electron chi connectivity index (χ1n) is 3.92. The Morgan fingerprint density at radius 3 is 3.18 bits per heavy atom. The van der Waals surface area contributed by atoms with Gasteiger partial charge >= 0.3 is 0 Å². The zero-order chi connectivity index (χ0) is 8.10. The number of hydrogen-bond acceptors (Lipinski definition) is 3. The zero-order valence-corrected chi connectivity index (χ0v) is 7.69. The molecule has 0 aromatic heterocycles. The second-order valence-electron chi connectivity index (χ2n) is 2.63. The Hall–Kier alpha value is -0.150. The topological polar surface area (TPSA) is 35.2 Å². The summed E-state index contributed by atoms with van der Waals surface area (Å²) >= 11 is 1.83. The highest BCUT2D eigenvalue weighted by Crippen LogP contribution is 2.15. The summed E-state index contributed by atoms with van der Waals surface area (Å²) in [5, 5.41) is 0. The fraction of sp³-hybridized carbons (Fsp3) is 0.750. The van der Waals surface area contributed by atoms with Gasteiger partial charge in [0.05, 0.1) is 12.6 Å². The Bertz CT molecular complexity index is 147. The molecule has 2 N–H and O–H groups in total. The van der Waals surface area contributed by atoms with E-state index in [0.717, 1.165) is 31.0 Å². The summed E-state index contributed by atoms with van der Waals surface area (Å²) in [5.74, 6) is 2.11. The highest BCUT2D eigenvalue weighted by atomic mass is 32.2. The van der Waals surface area contributed by atoms with Crippen molar-refractivity contribution in [1.29, 1.82) is 0 Å². The van der Waals surface area contributed by atoms with Gasteiger partial charge in [-0.2, -0.15) is 11.8 Å². The molecule has 64 valence electrons. The number of hydrogen-bond donors (Lipinski definition) is 1. The third-order valence-corrected chi connectivity index (χ3v) is 2.37. The highest BCUT2D eigenvalue weighted by Gasteiger charge is 2.13. The van der Waals surface area contributed by atoms with Crippen LogP contribution < -0.4 is 5.73 Å². The molecule has 0 aromatic rings. The third-order valence-electron chi connectivity index (χ3n) is 1.73. The second-order valence-corrected chi connectivity index (χ2v) is 3.62. The van der Waals surface area contributed by atoms with Crippen molar-refractivity contribution in [2.45, 2.75) is 18.9 Å². The van der Waals surface area contributed by atoms with Crippen molar-refractivity contribution in [2.75, 3.05) is 18.6 Å². The van der Waals surface area contributed by atoms with Gasteiger partial charge in [0.2, 0.25) is 0 Å². The van der Waals surface area contributed by atoms with Crippen LogP contribution in [-0.4, -0.2) is 24.7 Å². The molecule has 11 heavy (non-hydrogen) atoms. The average molecular weight is 173 g/mol. The molecule has 1 rings (SSSR count). The number of nitrogens with two attached hydrogens (primary N) is 1. The van der Waals surface area contributed by atoms with Gasteiger partial charge < -0.3 is 10.5 Å². The molecule has 0 radical (unpaired) electrons. The maximum atomic E-state index is 5.86. The molecule has 0 bridgehead atoms. The van der Waals surface area contributed by atoms with Gasteiger partial charge in [0.1, 0.15) is 5.76 Å². The summed E-state index contributed by atoms with van der Waals surface area (Å²) in [6, 6.07) is 0.130. The summed E-state index contributed by atoms with van der Waals surface area (Å²) in [6.45, 7) is 0.822. The van der Waals surface area contributed by atoms with Gasteiger partial charge in [0.25, 0.3) is 0 Å². The Morgan fingerprint density at radius 1 is 1.82 bits per heavy atom.